The summed E-state index contributed by atoms with van der Waals surface area (Å²) in [5.41, 5.74) is 1.15. The van der Waals surface area contributed by atoms with Crippen molar-refractivity contribution in [3.05, 3.63) is 21.3 Å². The summed E-state index contributed by atoms with van der Waals surface area (Å²) in [4.78, 5) is 13.8. The molecular weight excluding hydrogens is 256 g/mol. The predicted molar refractivity (Wildman–Crippen MR) is 71.6 cm³/mol. The van der Waals surface area contributed by atoms with Crippen molar-refractivity contribution in [3.63, 3.8) is 0 Å². The molecule has 94 valence electrons. The van der Waals surface area contributed by atoms with Crippen molar-refractivity contribution in [2.24, 2.45) is 0 Å². The van der Waals surface area contributed by atoms with Gasteiger partial charge in [0.15, 0.2) is 0 Å². The van der Waals surface area contributed by atoms with E-state index in [-0.39, 0.29) is 11.9 Å². The SMILES string of the molecule is CC(NCC(=O)N1CCCC1)c1csc(Cl)c1. The number of thiophene rings is 1. The molecule has 0 spiro atoms. The van der Waals surface area contributed by atoms with E-state index in [0.29, 0.717) is 6.54 Å². The summed E-state index contributed by atoms with van der Waals surface area (Å²) in [6.07, 6.45) is 2.28. The van der Waals surface area contributed by atoms with E-state index < -0.39 is 0 Å². The smallest absolute Gasteiger partial charge is 0.236 e. The Kier molecular flexibility index (Phi) is 4.42. The highest BCUT2D eigenvalue weighted by Crippen LogP contribution is 2.24. The summed E-state index contributed by atoms with van der Waals surface area (Å²) in [6, 6.07) is 2.12. The summed E-state index contributed by atoms with van der Waals surface area (Å²) in [7, 11) is 0. The van der Waals surface area contributed by atoms with E-state index in [4.69, 9.17) is 11.6 Å². The minimum absolute atomic E-state index is 0.172. The first-order valence-corrected chi connectivity index (χ1v) is 7.17. The van der Waals surface area contributed by atoms with Crippen LogP contribution in [-0.2, 0) is 4.79 Å². The molecule has 1 aromatic rings. The number of rotatable bonds is 4. The molecule has 1 saturated heterocycles. The maximum atomic E-state index is 11.8. The van der Waals surface area contributed by atoms with E-state index >= 15 is 0 Å². The summed E-state index contributed by atoms with van der Waals surface area (Å²) >= 11 is 7.41. The molecular formula is C12H17ClN2OS. The molecule has 0 aromatic carbocycles. The lowest BCUT2D eigenvalue weighted by molar-refractivity contribution is -0.129. The van der Waals surface area contributed by atoms with Crippen LogP contribution in [-0.4, -0.2) is 30.4 Å². The molecule has 0 saturated carbocycles. The van der Waals surface area contributed by atoms with Crippen molar-refractivity contribution in [2.75, 3.05) is 19.6 Å². The monoisotopic (exact) mass is 272 g/mol. The van der Waals surface area contributed by atoms with Crippen LogP contribution in [0.3, 0.4) is 0 Å². The number of carbonyl (C=O) groups excluding carboxylic acids is 1. The average molecular weight is 273 g/mol. The largest absolute Gasteiger partial charge is 0.342 e. The maximum Gasteiger partial charge on any atom is 0.236 e. The number of hydrogen-bond donors (Lipinski definition) is 1. The lowest BCUT2D eigenvalue weighted by atomic mass is 10.2. The van der Waals surface area contributed by atoms with E-state index in [0.717, 1.165) is 35.8 Å². The number of nitrogens with zero attached hydrogens (tertiary/aromatic N) is 1. The Balaban J connectivity index is 1.79. The molecule has 5 heteroatoms. The number of halogens is 1. The Morgan fingerprint density at radius 3 is 2.88 bits per heavy atom. The van der Waals surface area contributed by atoms with Crippen LogP contribution in [0, 0.1) is 0 Å². The van der Waals surface area contributed by atoms with Gasteiger partial charge in [-0.15, -0.1) is 11.3 Å². The third kappa shape index (κ3) is 3.44. The van der Waals surface area contributed by atoms with E-state index in [1.807, 2.05) is 16.3 Å². The van der Waals surface area contributed by atoms with Gasteiger partial charge in [-0.25, -0.2) is 0 Å². The third-order valence-electron chi connectivity index (χ3n) is 3.11. The van der Waals surface area contributed by atoms with Crippen molar-refractivity contribution < 1.29 is 4.79 Å². The molecule has 1 aromatic heterocycles. The molecule has 1 fully saturated rings. The van der Waals surface area contributed by atoms with E-state index in [9.17, 15) is 4.79 Å². The van der Waals surface area contributed by atoms with Crippen molar-refractivity contribution >= 4 is 28.8 Å². The fourth-order valence-corrected chi connectivity index (χ4v) is 2.97. The van der Waals surface area contributed by atoms with Gasteiger partial charge in [0.05, 0.1) is 10.9 Å². The van der Waals surface area contributed by atoms with Crippen molar-refractivity contribution in [3.8, 4) is 0 Å². The van der Waals surface area contributed by atoms with E-state index in [1.54, 1.807) is 0 Å². The second kappa shape index (κ2) is 5.85. The lowest BCUT2D eigenvalue weighted by Gasteiger charge is -2.18. The fraction of sp³-hybridized carbons (Fsp3) is 0.583. The molecule has 0 aliphatic carbocycles. The van der Waals surface area contributed by atoms with Crippen LogP contribution < -0.4 is 5.32 Å². The topological polar surface area (TPSA) is 32.3 Å². The van der Waals surface area contributed by atoms with Crippen LogP contribution in [0.1, 0.15) is 31.4 Å². The Hall–Kier alpha value is -0.580. The lowest BCUT2D eigenvalue weighted by Crippen LogP contribution is -2.37. The highest BCUT2D eigenvalue weighted by Gasteiger charge is 2.18. The molecule has 2 heterocycles. The zero-order chi connectivity index (χ0) is 12.3. The molecule has 1 unspecified atom stereocenters. The molecule has 3 nitrogen and oxygen atoms in total. The second-order valence-corrected chi connectivity index (χ2v) is 5.92. The molecule has 1 aliphatic rings. The minimum atomic E-state index is 0.172. The molecule has 17 heavy (non-hydrogen) atoms. The number of hydrogen-bond acceptors (Lipinski definition) is 3. The van der Waals surface area contributed by atoms with E-state index in [1.165, 1.54) is 11.3 Å². The summed E-state index contributed by atoms with van der Waals surface area (Å²) in [5.74, 6) is 0.204. The van der Waals surface area contributed by atoms with Gasteiger partial charge in [0.25, 0.3) is 0 Å². The second-order valence-electron chi connectivity index (χ2n) is 4.37. The van der Waals surface area contributed by atoms with Crippen molar-refractivity contribution in [1.29, 1.82) is 0 Å². The molecule has 1 N–H and O–H groups in total. The molecule has 2 rings (SSSR count). The highest BCUT2D eigenvalue weighted by molar-refractivity contribution is 7.14. The molecule has 1 amide bonds. The summed E-state index contributed by atoms with van der Waals surface area (Å²) < 4.78 is 0.791. The van der Waals surface area contributed by atoms with Crippen LogP contribution in [0.2, 0.25) is 4.34 Å². The minimum Gasteiger partial charge on any atom is -0.342 e. The van der Waals surface area contributed by atoms with Crippen molar-refractivity contribution in [2.45, 2.75) is 25.8 Å². The van der Waals surface area contributed by atoms with E-state index in [2.05, 4.69) is 12.2 Å². The van der Waals surface area contributed by atoms with Gasteiger partial charge in [0.2, 0.25) is 5.91 Å². The van der Waals surface area contributed by atoms with Gasteiger partial charge in [-0.3, -0.25) is 4.79 Å². The van der Waals surface area contributed by atoms with Crippen LogP contribution in [0.5, 0.6) is 0 Å². The molecule has 1 atom stereocenters. The normalized spacial score (nSPS) is 17.4. The van der Waals surface area contributed by atoms with Gasteiger partial charge in [-0.2, -0.15) is 0 Å². The van der Waals surface area contributed by atoms with Gasteiger partial charge < -0.3 is 10.2 Å². The zero-order valence-corrected chi connectivity index (χ0v) is 11.5. The summed E-state index contributed by atoms with van der Waals surface area (Å²) in [5, 5.41) is 5.27. The Bertz CT molecular complexity index is 388. The first-order chi connectivity index (χ1) is 8.16. The average Bonchev–Trinajstić information content (AvgIpc) is 2.95. The summed E-state index contributed by atoms with van der Waals surface area (Å²) in [6.45, 7) is 4.29. The van der Waals surface area contributed by atoms with Crippen LogP contribution in [0.4, 0.5) is 0 Å². The van der Waals surface area contributed by atoms with Crippen LogP contribution >= 0.6 is 22.9 Å². The Labute approximate surface area is 111 Å². The molecule has 0 radical (unpaired) electrons. The molecule has 0 bridgehead atoms. The Morgan fingerprint density at radius 1 is 1.59 bits per heavy atom. The first kappa shape index (κ1) is 12.9. The fourth-order valence-electron chi connectivity index (χ4n) is 1.99. The predicted octanol–water partition coefficient (Wildman–Crippen LogP) is 2.67. The molecule has 1 aliphatic heterocycles. The number of amides is 1. The zero-order valence-electron chi connectivity index (χ0n) is 9.91. The van der Waals surface area contributed by atoms with Gasteiger partial charge in [-0.1, -0.05) is 11.6 Å². The number of nitrogens with one attached hydrogen (secondary N) is 1. The first-order valence-electron chi connectivity index (χ1n) is 5.92. The van der Waals surface area contributed by atoms with Crippen LogP contribution in [0.15, 0.2) is 11.4 Å². The maximum absolute atomic E-state index is 11.8. The van der Waals surface area contributed by atoms with Gasteiger partial charge in [0, 0.05) is 19.1 Å². The van der Waals surface area contributed by atoms with Gasteiger partial charge in [0.1, 0.15) is 0 Å². The number of likely N-dealkylation sites (tertiary alicyclic amines) is 1. The number of carbonyl (C=O) groups is 1. The van der Waals surface area contributed by atoms with Crippen molar-refractivity contribution in [1.82, 2.24) is 10.2 Å². The third-order valence-corrected chi connectivity index (χ3v) is 4.22. The van der Waals surface area contributed by atoms with Crippen LogP contribution in [0.25, 0.3) is 0 Å². The standard InChI is InChI=1S/C12H17ClN2OS/c1-9(10-6-11(13)17-8-10)14-7-12(16)15-4-2-3-5-15/h6,8-9,14H,2-5,7H2,1H3. The quantitative estimate of drug-likeness (QED) is 0.914. The van der Waals surface area contributed by atoms with Gasteiger partial charge >= 0.3 is 0 Å². The van der Waals surface area contributed by atoms with Gasteiger partial charge in [-0.05, 0) is 36.8 Å². The Morgan fingerprint density at radius 2 is 2.29 bits per heavy atom. The highest BCUT2D eigenvalue weighted by atomic mass is 35.5.